The predicted molar refractivity (Wildman–Crippen MR) is 108 cm³/mol. The molecule has 1 aromatic heterocycles. The van der Waals surface area contributed by atoms with Gasteiger partial charge in [0.05, 0.1) is 18.9 Å². The summed E-state index contributed by atoms with van der Waals surface area (Å²) < 4.78 is 0. The van der Waals surface area contributed by atoms with E-state index in [2.05, 4.69) is 38.5 Å². The Morgan fingerprint density at radius 3 is 2.45 bits per heavy atom. The summed E-state index contributed by atoms with van der Waals surface area (Å²) in [5.41, 5.74) is 6.38. The van der Waals surface area contributed by atoms with Crippen LogP contribution in [0.3, 0.4) is 0 Å². The van der Waals surface area contributed by atoms with Crippen LogP contribution < -0.4 is 21.7 Å². The van der Waals surface area contributed by atoms with Crippen LogP contribution in [0.4, 0.5) is 0 Å². The van der Waals surface area contributed by atoms with E-state index in [1.165, 1.54) is 12.5 Å². The van der Waals surface area contributed by atoms with Crippen LogP contribution in [0.15, 0.2) is 12.5 Å². The third-order valence-electron chi connectivity index (χ3n) is 4.41. The number of carbonyl (C=O) groups is 4. The van der Waals surface area contributed by atoms with Crippen molar-refractivity contribution in [2.75, 3.05) is 12.3 Å². The van der Waals surface area contributed by atoms with E-state index < -0.39 is 48.4 Å². The summed E-state index contributed by atoms with van der Waals surface area (Å²) >= 11 is 4.04. The first-order valence-corrected chi connectivity index (χ1v) is 9.76. The van der Waals surface area contributed by atoms with Crippen LogP contribution in [-0.2, 0) is 25.6 Å². The van der Waals surface area contributed by atoms with Crippen molar-refractivity contribution in [2.45, 2.75) is 44.8 Å². The summed E-state index contributed by atoms with van der Waals surface area (Å²) in [6.45, 7) is 3.27. The van der Waals surface area contributed by atoms with Crippen LogP contribution in [-0.4, -0.2) is 69.2 Å². The lowest BCUT2D eigenvalue weighted by atomic mass is 9.99. The molecule has 11 nitrogen and oxygen atoms in total. The smallest absolute Gasteiger partial charge is 0.326 e. The second-order valence-electron chi connectivity index (χ2n) is 6.61. The molecule has 0 aliphatic carbocycles. The standard InChI is InChI=1S/C17H28N6O5S/c1-3-9(2)14(18)16(26)23-12(7-29)15(25)20-6-13(24)22-11(17(27)28)4-10-5-19-8-21-10/h5,8-9,11-12,14,29H,3-4,6-7,18H2,1-2H3,(H,19,21)(H,20,25)(H,22,24)(H,23,26)(H,27,28). The zero-order valence-corrected chi connectivity index (χ0v) is 17.2. The summed E-state index contributed by atoms with van der Waals surface area (Å²) in [7, 11) is 0. The third kappa shape index (κ3) is 8.11. The van der Waals surface area contributed by atoms with Crippen molar-refractivity contribution in [1.29, 1.82) is 0 Å². The first-order chi connectivity index (χ1) is 13.7. The van der Waals surface area contributed by atoms with Gasteiger partial charge in [0, 0.05) is 24.1 Å². The number of aromatic nitrogens is 2. The largest absolute Gasteiger partial charge is 0.480 e. The number of nitrogens with two attached hydrogens (primary N) is 1. The molecule has 3 amide bonds. The van der Waals surface area contributed by atoms with Crippen LogP contribution >= 0.6 is 12.6 Å². The van der Waals surface area contributed by atoms with Gasteiger partial charge in [-0.2, -0.15) is 12.6 Å². The highest BCUT2D eigenvalue weighted by Crippen LogP contribution is 2.05. The minimum Gasteiger partial charge on any atom is -0.480 e. The maximum absolute atomic E-state index is 12.2. The SMILES string of the molecule is CCC(C)C(N)C(=O)NC(CS)C(=O)NCC(=O)NC(Cc1cnc[nH]1)C(=O)O. The minimum atomic E-state index is -1.22. The number of carboxylic acid groups (broad SMARTS) is 1. The fourth-order valence-corrected chi connectivity index (χ4v) is 2.58. The Balaban J connectivity index is 2.54. The average Bonchev–Trinajstić information content (AvgIpc) is 3.21. The van der Waals surface area contributed by atoms with Crippen molar-refractivity contribution in [2.24, 2.45) is 11.7 Å². The number of H-pyrrole nitrogens is 1. The number of amides is 3. The second kappa shape index (κ2) is 12.1. The molecule has 1 aromatic rings. The number of carbonyl (C=O) groups excluding carboxylic acids is 3. The molecule has 4 unspecified atom stereocenters. The van der Waals surface area contributed by atoms with E-state index in [0.29, 0.717) is 12.1 Å². The van der Waals surface area contributed by atoms with Crippen molar-refractivity contribution in [3.63, 3.8) is 0 Å². The average molecular weight is 429 g/mol. The molecule has 162 valence electrons. The molecule has 0 radical (unpaired) electrons. The van der Waals surface area contributed by atoms with E-state index in [-0.39, 0.29) is 18.1 Å². The monoisotopic (exact) mass is 428 g/mol. The van der Waals surface area contributed by atoms with E-state index >= 15 is 0 Å². The highest BCUT2D eigenvalue weighted by molar-refractivity contribution is 7.80. The molecule has 0 spiro atoms. The zero-order chi connectivity index (χ0) is 22.0. The fraction of sp³-hybridized carbons (Fsp3) is 0.588. The fourth-order valence-electron chi connectivity index (χ4n) is 2.33. The van der Waals surface area contributed by atoms with Crippen molar-refractivity contribution in [3.8, 4) is 0 Å². The van der Waals surface area contributed by atoms with Gasteiger partial charge in [0.1, 0.15) is 12.1 Å². The van der Waals surface area contributed by atoms with Gasteiger partial charge in [-0.3, -0.25) is 14.4 Å². The first kappa shape index (κ1) is 24.4. The number of carboxylic acids is 1. The Bertz CT molecular complexity index is 698. The number of rotatable bonds is 12. The Morgan fingerprint density at radius 2 is 1.93 bits per heavy atom. The lowest BCUT2D eigenvalue weighted by molar-refractivity contribution is -0.141. The Labute approximate surface area is 174 Å². The highest BCUT2D eigenvalue weighted by Gasteiger charge is 2.26. The number of nitrogens with one attached hydrogen (secondary N) is 4. The number of hydrogen-bond acceptors (Lipinski definition) is 7. The molecule has 29 heavy (non-hydrogen) atoms. The van der Waals surface area contributed by atoms with Gasteiger partial charge in [0.15, 0.2) is 0 Å². The molecule has 0 bridgehead atoms. The Kier molecular flexibility index (Phi) is 10.2. The molecular formula is C17H28N6O5S. The normalized spacial score (nSPS) is 14.9. The Morgan fingerprint density at radius 1 is 1.24 bits per heavy atom. The molecule has 0 fully saturated rings. The molecule has 12 heteroatoms. The van der Waals surface area contributed by atoms with Crippen molar-refractivity contribution < 1.29 is 24.3 Å². The zero-order valence-electron chi connectivity index (χ0n) is 16.3. The molecule has 0 aliphatic heterocycles. The van der Waals surface area contributed by atoms with Gasteiger partial charge in [-0.25, -0.2) is 9.78 Å². The summed E-state index contributed by atoms with van der Waals surface area (Å²) in [5, 5.41) is 16.4. The van der Waals surface area contributed by atoms with Gasteiger partial charge in [0.2, 0.25) is 17.7 Å². The highest BCUT2D eigenvalue weighted by atomic mass is 32.1. The summed E-state index contributed by atoms with van der Waals surface area (Å²) in [6.07, 6.45) is 3.57. The van der Waals surface area contributed by atoms with E-state index in [0.717, 1.165) is 0 Å². The van der Waals surface area contributed by atoms with Crippen LogP contribution in [0, 0.1) is 5.92 Å². The number of nitrogens with zero attached hydrogens (tertiary/aromatic N) is 1. The molecule has 4 atom stereocenters. The number of aromatic amines is 1. The molecule has 1 rings (SSSR count). The topological polar surface area (TPSA) is 179 Å². The maximum Gasteiger partial charge on any atom is 0.326 e. The van der Waals surface area contributed by atoms with E-state index in [1.807, 2.05) is 13.8 Å². The molecule has 1 heterocycles. The van der Waals surface area contributed by atoms with Gasteiger partial charge in [0.25, 0.3) is 0 Å². The van der Waals surface area contributed by atoms with Gasteiger partial charge in [-0.05, 0) is 5.92 Å². The molecule has 7 N–H and O–H groups in total. The van der Waals surface area contributed by atoms with Crippen molar-refractivity contribution >= 4 is 36.3 Å². The van der Waals surface area contributed by atoms with Gasteiger partial charge < -0.3 is 31.8 Å². The van der Waals surface area contributed by atoms with E-state index in [9.17, 15) is 24.3 Å². The summed E-state index contributed by atoms with van der Waals surface area (Å²) in [4.78, 5) is 54.2. The maximum atomic E-state index is 12.2. The first-order valence-electron chi connectivity index (χ1n) is 9.13. The van der Waals surface area contributed by atoms with Crippen molar-refractivity contribution in [3.05, 3.63) is 18.2 Å². The van der Waals surface area contributed by atoms with Crippen LogP contribution in [0.1, 0.15) is 26.0 Å². The molecule has 0 saturated heterocycles. The molecular weight excluding hydrogens is 400 g/mol. The molecule has 0 saturated carbocycles. The number of aliphatic carboxylic acids is 1. The minimum absolute atomic E-state index is 0.00396. The number of thiol groups is 1. The Hall–Kier alpha value is -2.60. The van der Waals surface area contributed by atoms with Crippen LogP contribution in [0.5, 0.6) is 0 Å². The molecule has 0 aromatic carbocycles. The van der Waals surface area contributed by atoms with E-state index in [1.54, 1.807) is 0 Å². The van der Waals surface area contributed by atoms with Gasteiger partial charge in [-0.15, -0.1) is 0 Å². The van der Waals surface area contributed by atoms with E-state index in [4.69, 9.17) is 5.73 Å². The van der Waals surface area contributed by atoms with Crippen LogP contribution in [0.2, 0.25) is 0 Å². The summed E-state index contributed by atoms with van der Waals surface area (Å²) in [6, 6.07) is -2.93. The third-order valence-corrected chi connectivity index (χ3v) is 4.78. The quantitative estimate of drug-likeness (QED) is 0.196. The lowest BCUT2D eigenvalue weighted by Gasteiger charge is -2.22. The number of imidazole rings is 1. The summed E-state index contributed by atoms with van der Waals surface area (Å²) in [5.74, 6) is -3.08. The van der Waals surface area contributed by atoms with Crippen molar-refractivity contribution in [1.82, 2.24) is 25.9 Å². The second-order valence-corrected chi connectivity index (χ2v) is 6.98. The number of hydrogen-bond donors (Lipinski definition) is 7. The van der Waals surface area contributed by atoms with Gasteiger partial charge in [-0.1, -0.05) is 20.3 Å². The predicted octanol–water partition coefficient (Wildman–Crippen LogP) is -1.57. The van der Waals surface area contributed by atoms with Crippen LogP contribution in [0.25, 0.3) is 0 Å². The molecule has 0 aliphatic rings. The lowest BCUT2D eigenvalue weighted by Crippen LogP contribution is -2.55. The van der Waals surface area contributed by atoms with Gasteiger partial charge >= 0.3 is 5.97 Å².